The predicted molar refractivity (Wildman–Crippen MR) is 58.3 cm³/mol. The summed E-state index contributed by atoms with van der Waals surface area (Å²) in [5, 5.41) is 2.64. The van der Waals surface area contributed by atoms with Crippen LogP contribution in [0.15, 0.2) is 0 Å². The van der Waals surface area contributed by atoms with Crippen LogP contribution >= 0.6 is 0 Å². The first-order valence-corrected chi connectivity index (χ1v) is 5.77. The Balaban J connectivity index is 2.64. The van der Waals surface area contributed by atoms with Gasteiger partial charge in [-0.05, 0) is 12.8 Å². The molecule has 1 heterocycles. The predicted octanol–water partition coefficient (Wildman–Crippen LogP) is 0.914. The number of nitrogens with zero attached hydrogens (tertiary/aromatic N) is 1. The molecular formula is C11H20N2O2. The summed E-state index contributed by atoms with van der Waals surface area (Å²) < 4.78 is 0. The van der Waals surface area contributed by atoms with Crippen molar-refractivity contribution in [1.29, 1.82) is 0 Å². The van der Waals surface area contributed by atoms with E-state index in [1.807, 2.05) is 6.92 Å². The van der Waals surface area contributed by atoms with Gasteiger partial charge in [0.05, 0.1) is 6.54 Å². The highest BCUT2D eigenvalue weighted by Gasteiger charge is 2.32. The molecule has 86 valence electrons. The Morgan fingerprint density at radius 1 is 1.33 bits per heavy atom. The van der Waals surface area contributed by atoms with Crippen molar-refractivity contribution in [1.82, 2.24) is 10.2 Å². The first-order chi connectivity index (χ1) is 7.20. The van der Waals surface area contributed by atoms with E-state index in [0.29, 0.717) is 6.54 Å². The number of amides is 2. The van der Waals surface area contributed by atoms with Crippen LogP contribution in [0.2, 0.25) is 0 Å². The average Bonchev–Trinajstić information content (AvgIpc) is 2.23. The summed E-state index contributed by atoms with van der Waals surface area (Å²) in [6, 6.07) is -0.234. The molecule has 1 saturated heterocycles. The molecule has 0 saturated carbocycles. The van der Waals surface area contributed by atoms with Gasteiger partial charge in [-0.1, -0.05) is 26.7 Å². The highest BCUT2D eigenvalue weighted by atomic mass is 16.2. The fraction of sp³-hybridized carbons (Fsp3) is 0.818. The van der Waals surface area contributed by atoms with E-state index in [4.69, 9.17) is 0 Å². The second-order valence-corrected chi connectivity index (χ2v) is 3.96. The number of carbonyl (C=O) groups is 2. The van der Waals surface area contributed by atoms with Crippen LogP contribution in [0.25, 0.3) is 0 Å². The standard InChI is InChI=1S/C11H20N2O2/c1-3-5-7-13-9(6-4-2)11(15)12-8-10(13)14/h9H,3-8H2,1-2H3,(H,12,15). The van der Waals surface area contributed by atoms with Crippen LogP contribution in [-0.2, 0) is 9.59 Å². The van der Waals surface area contributed by atoms with Crippen LogP contribution in [0.1, 0.15) is 39.5 Å². The molecule has 0 aromatic carbocycles. The molecular weight excluding hydrogens is 192 g/mol. The van der Waals surface area contributed by atoms with Gasteiger partial charge in [0.25, 0.3) is 0 Å². The summed E-state index contributed by atoms with van der Waals surface area (Å²) in [6.07, 6.45) is 3.71. The van der Waals surface area contributed by atoms with Crippen LogP contribution in [-0.4, -0.2) is 35.8 Å². The lowest BCUT2D eigenvalue weighted by Crippen LogP contribution is -2.58. The van der Waals surface area contributed by atoms with Gasteiger partial charge < -0.3 is 10.2 Å². The van der Waals surface area contributed by atoms with Gasteiger partial charge in [-0.25, -0.2) is 0 Å². The van der Waals surface area contributed by atoms with Crippen molar-refractivity contribution in [2.75, 3.05) is 13.1 Å². The highest BCUT2D eigenvalue weighted by molar-refractivity contribution is 5.94. The molecule has 1 rings (SSSR count). The Hall–Kier alpha value is -1.06. The lowest BCUT2D eigenvalue weighted by molar-refractivity contribution is -0.145. The summed E-state index contributed by atoms with van der Waals surface area (Å²) in [6.45, 7) is 5.00. The summed E-state index contributed by atoms with van der Waals surface area (Å²) in [5.74, 6) is 0.0639. The van der Waals surface area contributed by atoms with Gasteiger partial charge in [0.1, 0.15) is 6.04 Å². The van der Waals surface area contributed by atoms with E-state index in [2.05, 4.69) is 12.2 Å². The third-order valence-corrected chi connectivity index (χ3v) is 2.73. The van der Waals surface area contributed by atoms with E-state index < -0.39 is 0 Å². The number of carbonyl (C=O) groups excluding carboxylic acids is 2. The smallest absolute Gasteiger partial charge is 0.243 e. The van der Waals surface area contributed by atoms with Gasteiger partial charge >= 0.3 is 0 Å². The van der Waals surface area contributed by atoms with E-state index in [0.717, 1.165) is 25.7 Å². The van der Waals surface area contributed by atoms with E-state index in [1.165, 1.54) is 0 Å². The number of nitrogens with one attached hydrogen (secondary N) is 1. The van der Waals surface area contributed by atoms with Crippen molar-refractivity contribution >= 4 is 11.8 Å². The Labute approximate surface area is 91.0 Å². The number of unbranched alkanes of at least 4 members (excludes halogenated alkanes) is 1. The Morgan fingerprint density at radius 3 is 2.67 bits per heavy atom. The van der Waals surface area contributed by atoms with Gasteiger partial charge in [0.15, 0.2) is 0 Å². The van der Waals surface area contributed by atoms with Gasteiger partial charge in [0.2, 0.25) is 11.8 Å². The lowest BCUT2D eigenvalue weighted by atomic mass is 10.1. The first-order valence-electron chi connectivity index (χ1n) is 5.77. The Kier molecular flexibility index (Phi) is 4.59. The molecule has 4 heteroatoms. The Bertz CT molecular complexity index is 241. The van der Waals surface area contributed by atoms with E-state index >= 15 is 0 Å². The van der Waals surface area contributed by atoms with E-state index in [9.17, 15) is 9.59 Å². The molecule has 1 N–H and O–H groups in total. The molecule has 15 heavy (non-hydrogen) atoms. The zero-order valence-electron chi connectivity index (χ0n) is 9.58. The minimum Gasteiger partial charge on any atom is -0.345 e. The van der Waals surface area contributed by atoms with E-state index in [1.54, 1.807) is 4.90 Å². The topological polar surface area (TPSA) is 49.4 Å². The minimum atomic E-state index is -0.234. The van der Waals surface area contributed by atoms with Gasteiger partial charge in [-0.2, -0.15) is 0 Å². The highest BCUT2D eigenvalue weighted by Crippen LogP contribution is 2.12. The van der Waals surface area contributed by atoms with Gasteiger partial charge in [-0.15, -0.1) is 0 Å². The number of hydrogen-bond donors (Lipinski definition) is 1. The molecule has 1 unspecified atom stereocenters. The molecule has 1 aliphatic heterocycles. The Morgan fingerprint density at radius 2 is 2.07 bits per heavy atom. The fourth-order valence-electron chi connectivity index (χ4n) is 1.87. The van der Waals surface area contributed by atoms with Crippen molar-refractivity contribution in [3.63, 3.8) is 0 Å². The van der Waals surface area contributed by atoms with Crippen molar-refractivity contribution in [3.8, 4) is 0 Å². The van der Waals surface area contributed by atoms with Crippen LogP contribution in [0.3, 0.4) is 0 Å². The zero-order chi connectivity index (χ0) is 11.3. The average molecular weight is 212 g/mol. The van der Waals surface area contributed by atoms with Crippen LogP contribution < -0.4 is 5.32 Å². The molecule has 1 aliphatic rings. The molecule has 0 aromatic heterocycles. The van der Waals surface area contributed by atoms with Crippen molar-refractivity contribution in [3.05, 3.63) is 0 Å². The van der Waals surface area contributed by atoms with Crippen molar-refractivity contribution in [2.24, 2.45) is 0 Å². The van der Waals surface area contributed by atoms with Crippen molar-refractivity contribution in [2.45, 2.75) is 45.6 Å². The molecule has 0 bridgehead atoms. The number of piperazine rings is 1. The second kappa shape index (κ2) is 5.73. The maximum atomic E-state index is 11.6. The fourth-order valence-corrected chi connectivity index (χ4v) is 1.87. The largest absolute Gasteiger partial charge is 0.345 e. The molecule has 0 radical (unpaired) electrons. The molecule has 0 spiro atoms. The molecule has 0 aliphatic carbocycles. The second-order valence-electron chi connectivity index (χ2n) is 3.96. The first kappa shape index (κ1) is 12.0. The van der Waals surface area contributed by atoms with Crippen LogP contribution in [0.5, 0.6) is 0 Å². The maximum absolute atomic E-state index is 11.6. The third-order valence-electron chi connectivity index (χ3n) is 2.73. The number of hydrogen-bond acceptors (Lipinski definition) is 2. The quantitative estimate of drug-likeness (QED) is 0.736. The minimum absolute atomic E-state index is 0.00699. The van der Waals surface area contributed by atoms with Gasteiger partial charge in [-0.3, -0.25) is 9.59 Å². The number of rotatable bonds is 5. The monoisotopic (exact) mass is 212 g/mol. The summed E-state index contributed by atoms with van der Waals surface area (Å²) in [5.41, 5.74) is 0. The third kappa shape index (κ3) is 2.94. The summed E-state index contributed by atoms with van der Waals surface area (Å²) in [7, 11) is 0. The molecule has 1 atom stereocenters. The van der Waals surface area contributed by atoms with Gasteiger partial charge in [0, 0.05) is 6.54 Å². The van der Waals surface area contributed by atoms with E-state index in [-0.39, 0.29) is 24.4 Å². The summed E-state index contributed by atoms with van der Waals surface area (Å²) >= 11 is 0. The van der Waals surface area contributed by atoms with Crippen LogP contribution in [0.4, 0.5) is 0 Å². The lowest BCUT2D eigenvalue weighted by Gasteiger charge is -2.34. The summed E-state index contributed by atoms with van der Waals surface area (Å²) in [4.78, 5) is 25.0. The molecule has 2 amide bonds. The molecule has 1 fully saturated rings. The van der Waals surface area contributed by atoms with Crippen molar-refractivity contribution < 1.29 is 9.59 Å². The maximum Gasteiger partial charge on any atom is 0.243 e. The normalized spacial score (nSPS) is 21.7. The molecule has 4 nitrogen and oxygen atoms in total. The molecule has 0 aromatic rings. The zero-order valence-corrected chi connectivity index (χ0v) is 9.58. The SMILES string of the molecule is CCCCN1C(=O)CNC(=O)C1CCC. The van der Waals surface area contributed by atoms with Crippen LogP contribution in [0, 0.1) is 0 Å².